The van der Waals surface area contributed by atoms with Gasteiger partial charge in [0.25, 0.3) is 0 Å². The number of urea groups is 1. The maximum Gasteiger partial charge on any atom is 0.332 e. The molecule has 3 amide bonds. The molecule has 0 spiro atoms. The Bertz CT molecular complexity index is 397. The number of aliphatic carboxylic acids is 1. The van der Waals surface area contributed by atoms with Crippen LogP contribution in [0.5, 0.6) is 0 Å². The Morgan fingerprint density at radius 1 is 1.10 bits per heavy atom. The first kappa shape index (κ1) is 14.6. The Morgan fingerprint density at radius 3 is 2.45 bits per heavy atom. The number of carbonyl (C=O) groups is 3. The number of amides is 3. The third kappa shape index (κ3) is 4.69. The van der Waals surface area contributed by atoms with E-state index in [2.05, 4.69) is 16.0 Å². The molecule has 1 heterocycles. The molecule has 8 heteroatoms. The lowest BCUT2D eigenvalue weighted by Crippen LogP contribution is -2.44. The van der Waals surface area contributed by atoms with Crippen LogP contribution in [0.1, 0.15) is 25.7 Å². The predicted octanol–water partition coefficient (Wildman–Crippen LogP) is -0.804. The number of hydrogen-bond donors (Lipinski definition) is 4. The summed E-state index contributed by atoms with van der Waals surface area (Å²) < 4.78 is 5.24. The van der Waals surface area contributed by atoms with Gasteiger partial charge in [-0.05, 0) is 25.7 Å². The summed E-state index contributed by atoms with van der Waals surface area (Å²) in [7, 11) is 0. The van der Waals surface area contributed by atoms with Crippen LogP contribution in [-0.4, -0.2) is 54.4 Å². The molecule has 1 aliphatic carbocycles. The van der Waals surface area contributed by atoms with Gasteiger partial charge in [0, 0.05) is 12.6 Å². The molecule has 2 rings (SSSR count). The van der Waals surface area contributed by atoms with Gasteiger partial charge in [0.15, 0.2) is 6.10 Å². The molecule has 0 aromatic heterocycles. The molecule has 1 aliphatic heterocycles. The van der Waals surface area contributed by atoms with E-state index >= 15 is 0 Å². The molecule has 1 saturated heterocycles. The fourth-order valence-corrected chi connectivity index (χ4v) is 1.97. The van der Waals surface area contributed by atoms with E-state index in [1.807, 2.05) is 0 Å². The van der Waals surface area contributed by atoms with Crippen LogP contribution < -0.4 is 16.0 Å². The van der Waals surface area contributed by atoms with E-state index in [4.69, 9.17) is 9.84 Å². The lowest BCUT2D eigenvalue weighted by atomic mass is 10.2. The molecular formula is C12H19N3O5. The van der Waals surface area contributed by atoms with Crippen molar-refractivity contribution in [3.8, 4) is 0 Å². The molecule has 0 aromatic rings. The SMILES string of the molecule is O=C(CNC(=O)NCC1CCC(C(=O)O)O1)NC1CC1. The summed E-state index contributed by atoms with van der Waals surface area (Å²) >= 11 is 0. The first-order valence-corrected chi connectivity index (χ1v) is 6.74. The summed E-state index contributed by atoms with van der Waals surface area (Å²) in [6.07, 6.45) is 1.98. The minimum atomic E-state index is -0.978. The summed E-state index contributed by atoms with van der Waals surface area (Å²) in [5, 5.41) is 16.5. The van der Waals surface area contributed by atoms with Crippen LogP contribution in [-0.2, 0) is 14.3 Å². The second kappa shape index (κ2) is 6.56. The molecule has 1 saturated carbocycles. The maximum absolute atomic E-state index is 11.4. The van der Waals surface area contributed by atoms with Gasteiger partial charge in [-0.2, -0.15) is 0 Å². The molecule has 2 aliphatic rings. The van der Waals surface area contributed by atoms with E-state index < -0.39 is 18.1 Å². The minimum Gasteiger partial charge on any atom is -0.479 e. The average Bonchev–Trinajstić information content (AvgIpc) is 3.07. The van der Waals surface area contributed by atoms with Crippen LogP contribution in [0.3, 0.4) is 0 Å². The Kier molecular flexibility index (Phi) is 4.78. The molecule has 2 atom stereocenters. The van der Waals surface area contributed by atoms with Crippen LogP contribution in [0, 0.1) is 0 Å². The molecule has 4 N–H and O–H groups in total. The van der Waals surface area contributed by atoms with Crippen molar-refractivity contribution < 1.29 is 24.2 Å². The van der Waals surface area contributed by atoms with Gasteiger partial charge >= 0.3 is 12.0 Å². The van der Waals surface area contributed by atoms with Gasteiger partial charge in [-0.15, -0.1) is 0 Å². The van der Waals surface area contributed by atoms with Gasteiger partial charge in [-0.3, -0.25) is 4.79 Å². The predicted molar refractivity (Wildman–Crippen MR) is 68.1 cm³/mol. The molecule has 20 heavy (non-hydrogen) atoms. The highest BCUT2D eigenvalue weighted by Crippen LogP contribution is 2.19. The Hall–Kier alpha value is -1.83. The van der Waals surface area contributed by atoms with Crippen molar-refractivity contribution in [3.63, 3.8) is 0 Å². The highest BCUT2D eigenvalue weighted by molar-refractivity contribution is 5.84. The van der Waals surface area contributed by atoms with Crippen molar-refractivity contribution in [2.24, 2.45) is 0 Å². The largest absolute Gasteiger partial charge is 0.479 e. The molecular weight excluding hydrogens is 266 g/mol. The number of rotatable bonds is 6. The molecule has 2 fully saturated rings. The Labute approximate surface area is 116 Å². The van der Waals surface area contributed by atoms with E-state index in [1.54, 1.807) is 0 Å². The van der Waals surface area contributed by atoms with E-state index in [0.717, 1.165) is 12.8 Å². The summed E-state index contributed by atoms with van der Waals surface area (Å²) in [6.45, 7) is 0.172. The monoisotopic (exact) mass is 285 g/mol. The maximum atomic E-state index is 11.4. The molecule has 8 nitrogen and oxygen atoms in total. The number of hydrogen-bond acceptors (Lipinski definition) is 4. The Balaban J connectivity index is 1.55. The third-order valence-corrected chi connectivity index (χ3v) is 3.23. The second-order valence-corrected chi connectivity index (χ2v) is 5.07. The molecule has 0 radical (unpaired) electrons. The van der Waals surface area contributed by atoms with Crippen molar-refractivity contribution >= 4 is 17.9 Å². The zero-order valence-electron chi connectivity index (χ0n) is 11.1. The van der Waals surface area contributed by atoms with Gasteiger partial charge in [0.2, 0.25) is 5.91 Å². The normalized spacial score (nSPS) is 25.0. The summed E-state index contributed by atoms with van der Waals surface area (Å²) in [4.78, 5) is 33.5. The molecule has 0 bridgehead atoms. The number of carboxylic acid groups (broad SMARTS) is 1. The van der Waals surface area contributed by atoms with Crippen molar-refractivity contribution in [2.75, 3.05) is 13.1 Å². The van der Waals surface area contributed by atoms with E-state index in [-0.39, 0.29) is 31.1 Å². The smallest absolute Gasteiger partial charge is 0.332 e. The number of carbonyl (C=O) groups excluding carboxylic acids is 2. The van der Waals surface area contributed by atoms with Crippen LogP contribution in [0.4, 0.5) is 4.79 Å². The molecule has 112 valence electrons. The number of ether oxygens (including phenoxy) is 1. The second-order valence-electron chi connectivity index (χ2n) is 5.07. The fraction of sp³-hybridized carbons (Fsp3) is 0.750. The number of carboxylic acids is 1. The minimum absolute atomic E-state index is 0.0639. The van der Waals surface area contributed by atoms with Crippen LogP contribution in [0.25, 0.3) is 0 Å². The van der Waals surface area contributed by atoms with Crippen molar-refractivity contribution in [2.45, 2.75) is 43.9 Å². The van der Waals surface area contributed by atoms with Crippen molar-refractivity contribution in [1.82, 2.24) is 16.0 Å². The standard InChI is InChI=1S/C12H19N3O5/c16-10(15-7-1-2-7)6-14-12(19)13-5-8-3-4-9(20-8)11(17)18/h7-9H,1-6H2,(H,15,16)(H,17,18)(H2,13,14,19). The number of nitrogens with one attached hydrogen (secondary N) is 3. The zero-order chi connectivity index (χ0) is 14.5. The fourth-order valence-electron chi connectivity index (χ4n) is 1.97. The molecule has 2 unspecified atom stereocenters. The zero-order valence-corrected chi connectivity index (χ0v) is 11.1. The van der Waals surface area contributed by atoms with Crippen LogP contribution in [0.2, 0.25) is 0 Å². The van der Waals surface area contributed by atoms with Gasteiger partial charge in [-0.25, -0.2) is 9.59 Å². The van der Waals surface area contributed by atoms with Gasteiger partial charge in [0.05, 0.1) is 12.6 Å². The van der Waals surface area contributed by atoms with E-state index in [0.29, 0.717) is 12.8 Å². The van der Waals surface area contributed by atoms with E-state index in [1.165, 1.54) is 0 Å². The topological polar surface area (TPSA) is 117 Å². The quantitative estimate of drug-likeness (QED) is 0.509. The van der Waals surface area contributed by atoms with Gasteiger partial charge in [0.1, 0.15) is 0 Å². The van der Waals surface area contributed by atoms with Crippen molar-refractivity contribution in [3.05, 3.63) is 0 Å². The average molecular weight is 285 g/mol. The van der Waals surface area contributed by atoms with Crippen LogP contribution >= 0.6 is 0 Å². The summed E-state index contributed by atoms with van der Waals surface area (Å²) in [6, 6.07) is -0.189. The lowest BCUT2D eigenvalue weighted by Gasteiger charge is -2.13. The van der Waals surface area contributed by atoms with Gasteiger partial charge in [-0.1, -0.05) is 0 Å². The molecule has 0 aromatic carbocycles. The lowest BCUT2D eigenvalue weighted by molar-refractivity contribution is -0.149. The van der Waals surface area contributed by atoms with E-state index in [9.17, 15) is 14.4 Å². The summed E-state index contributed by atoms with van der Waals surface area (Å²) in [5.41, 5.74) is 0. The Morgan fingerprint density at radius 2 is 1.85 bits per heavy atom. The van der Waals surface area contributed by atoms with Crippen LogP contribution in [0.15, 0.2) is 0 Å². The summed E-state index contributed by atoms with van der Waals surface area (Å²) in [5.74, 6) is -1.18. The first-order chi connectivity index (χ1) is 9.54. The highest BCUT2D eigenvalue weighted by Gasteiger charge is 2.30. The highest BCUT2D eigenvalue weighted by atomic mass is 16.5. The third-order valence-electron chi connectivity index (χ3n) is 3.23. The van der Waals surface area contributed by atoms with Gasteiger partial charge < -0.3 is 25.8 Å². The first-order valence-electron chi connectivity index (χ1n) is 6.74. The van der Waals surface area contributed by atoms with Crippen molar-refractivity contribution in [1.29, 1.82) is 0 Å².